The lowest BCUT2D eigenvalue weighted by molar-refractivity contribution is -0.153. The summed E-state index contributed by atoms with van der Waals surface area (Å²) in [5, 5.41) is 9.18. The molecule has 1 aliphatic carbocycles. The molecule has 0 radical (unpaired) electrons. The summed E-state index contributed by atoms with van der Waals surface area (Å²) in [7, 11) is 0. The maximum absolute atomic E-state index is 11.7. The Balaban J connectivity index is 2.03. The van der Waals surface area contributed by atoms with Crippen molar-refractivity contribution in [3.8, 4) is 0 Å². The highest BCUT2D eigenvalue weighted by Crippen LogP contribution is 2.31. The van der Waals surface area contributed by atoms with Crippen LogP contribution in [0.5, 0.6) is 0 Å². The number of hydrogen-bond acceptors (Lipinski definition) is 3. The summed E-state index contributed by atoms with van der Waals surface area (Å²) in [6.07, 6.45) is 4.83. The molecule has 0 spiro atoms. The van der Waals surface area contributed by atoms with Gasteiger partial charge in [0.25, 0.3) is 0 Å². The van der Waals surface area contributed by atoms with Crippen LogP contribution in [-0.4, -0.2) is 34.3 Å². The fourth-order valence-electron chi connectivity index (χ4n) is 2.99. The molecule has 2 rings (SSSR count). The molecule has 1 saturated heterocycles. The molecule has 1 N–H and O–H groups in total. The number of imide groups is 1. The molecule has 2 atom stereocenters. The lowest BCUT2D eigenvalue weighted by Crippen LogP contribution is -2.45. The number of carboxylic acid groups (broad SMARTS) is 1. The van der Waals surface area contributed by atoms with Crippen molar-refractivity contribution in [2.75, 3.05) is 6.54 Å². The van der Waals surface area contributed by atoms with Gasteiger partial charge in [-0.25, -0.2) is 0 Å². The predicted octanol–water partition coefficient (Wildman–Crippen LogP) is 1.42. The third kappa shape index (κ3) is 2.71. The lowest BCUT2D eigenvalue weighted by atomic mass is 9.78. The molecule has 0 bridgehead atoms. The topological polar surface area (TPSA) is 74.7 Å². The summed E-state index contributed by atoms with van der Waals surface area (Å²) >= 11 is 0. The van der Waals surface area contributed by atoms with Crippen molar-refractivity contribution in [3.63, 3.8) is 0 Å². The van der Waals surface area contributed by atoms with E-state index in [9.17, 15) is 19.5 Å². The zero-order chi connectivity index (χ0) is 13.1. The summed E-state index contributed by atoms with van der Waals surface area (Å²) in [6.45, 7) is 0.300. The summed E-state index contributed by atoms with van der Waals surface area (Å²) in [5.41, 5.74) is 0. The molecule has 2 aliphatic rings. The third-order valence-electron chi connectivity index (χ3n) is 4.03. The van der Waals surface area contributed by atoms with Crippen molar-refractivity contribution in [3.05, 3.63) is 0 Å². The van der Waals surface area contributed by atoms with Gasteiger partial charge in [0.05, 0.1) is 5.92 Å². The summed E-state index contributed by atoms with van der Waals surface area (Å²) < 4.78 is 0. The first kappa shape index (κ1) is 13.1. The van der Waals surface area contributed by atoms with Crippen LogP contribution in [0.3, 0.4) is 0 Å². The number of amides is 2. The second-order valence-electron chi connectivity index (χ2n) is 5.24. The van der Waals surface area contributed by atoms with Gasteiger partial charge in [0, 0.05) is 19.4 Å². The quantitative estimate of drug-likeness (QED) is 0.772. The van der Waals surface area contributed by atoms with E-state index >= 15 is 0 Å². The fourth-order valence-corrected chi connectivity index (χ4v) is 2.99. The zero-order valence-corrected chi connectivity index (χ0v) is 10.4. The van der Waals surface area contributed by atoms with Crippen molar-refractivity contribution in [1.29, 1.82) is 0 Å². The van der Waals surface area contributed by atoms with Crippen molar-refractivity contribution in [2.45, 2.75) is 44.9 Å². The van der Waals surface area contributed by atoms with Crippen LogP contribution < -0.4 is 0 Å². The van der Waals surface area contributed by atoms with E-state index < -0.39 is 11.9 Å². The molecule has 1 heterocycles. The molecular weight excluding hydrogens is 234 g/mol. The molecule has 1 aliphatic heterocycles. The Morgan fingerprint density at radius 3 is 2.33 bits per heavy atom. The van der Waals surface area contributed by atoms with Crippen LogP contribution in [0.15, 0.2) is 0 Å². The average Bonchev–Trinajstić information content (AvgIpc) is 2.34. The van der Waals surface area contributed by atoms with E-state index in [0.717, 1.165) is 19.3 Å². The van der Waals surface area contributed by atoms with E-state index in [4.69, 9.17) is 0 Å². The molecular formula is C13H19NO4. The molecule has 2 amide bonds. The molecule has 2 fully saturated rings. The Bertz CT molecular complexity index is 350. The van der Waals surface area contributed by atoms with Crippen LogP contribution in [0.2, 0.25) is 0 Å². The van der Waals surface area contributed by atoms with E-state index in [2.05, 4.69) is 0 Å². The van der Waals surface area contributed by atoms with Gasteiger partial charge < -0.3 is 5.11 Å². The van der Waals surface area contributed by atoms with Gasteiger partial charge in [0.2, 0.25) is 11.8 Å². The second kappa shape index (κ2) is 5.50. The van der Waals surface area contributed by atoms with E-state index in [0.29, 0.717) is 32.2 Å². The molecule has 0 aromatic heterocycles. The highest BCUT2D eigenvalue weighted by atomic mass is 16.4. The molecule has 0 aromatic rings. The Morgan fingerprint density at radius 2 is 1.72 bits per heavy atom. The van der Waals surface area contributed by atoms with E-state index in [-0.39, 0.29) is 17.7 Å². The van der Waals surface area contributed by atoms with Gasteiger partial charge in [-0.15, -0.1) is 0 Å². The Kier molecular flexibility index (Phi) is 3.99. The number of aliphatic carboxylic acids is 1. The standard InChI is InChI=1S/C13H19NO4/c15-11-6-3-7-12(16)14(11)8-9-4-1-2-5-10(9)13(17)18/h9-10H,1-8H2,(H,17,18). The first-order valence-electron chi connectivity index (χ1n) is 6.65. The summed E-state index contributed by atoms with van der Waals surface area (Å²) in [6, 6.07) is 0. The molecule has 2 unspecified atom stereocenters. The smallest absolute Gasteiger partial charge is 0.306 e. The van der Waals surface area contributed by atoms with Crippen LogP contribution in [0.25, 0.3) is 0 Å². The minimum Gasteiger partial charge on any atom is -0.481 e. The van der Waals surface area contributed by atoms with Gasteiger partial charge in [0.1, 0.15) is 0 Å². The SMILES string of the molecule is O=C(O)C1CCCCC1CN1C(=O)CCCC1=O. The van der Waals surface area contributed by atoms with Crippen LogP contribution in [-0.2, 0) is 14.4 Å². The number of rotatable bonds is 3. The zero-order valence-electron chi connectivity index (χ0n) is 10.4. The highest BCUT2D eigenvalue weighted by molar-refractivity contribution is 5.97. The first-order valence-corrected chi connectivity index (χ1v) is 6.65. The minimum absolute atomic E-state index is 0.0674. The van der Waals surface area contributed by atoms with Gasteiger partial charge >= 0.3 is 5.97 Å². The minimum atomic E-state index is -0.795. The Morgan fingerprint density at radius 1 is 1.11 bits per heavy atom. The Hall–Kier alpha value is -1.39. The van der Waals surface area contributed by atoms with Crippen LogP contribution in [0.1, 0.15) is 44.9 Å². The highest BCUT2D eigenvalue weighted by Gasteiger charge is 2.35. The van der Waals surface area contributed by atoms with E-state index in [1.807, 2.05) is 0 Å². The fraction of sp³-hybridized carbons (Fsp3) is 0.769. The number of nitrogens with zero attached hydrogens (tertiary/aromatic N) is 1. The summed E-state index contributed by atoms with van der Waals surface area (Å²) in [5.74, 6) is -1.54. The number of carbonyl (C=O) groups excluding carboxylic acids is 2. The van der Waals surface area contributed by atoms with Crippen molar-refractivity contribution in [1.82, 2.24) is 4.90 Å². The second-order valence-corrected chi connectivity index (χ2v) is 5.24. The molecule has 100 valence electrons. The molecule has 1 saturated carbocycles. The largest absolute Gasteiger partial charge is 0.481 e. The molecule has 5 nitrogen and oxygen atoms in total. The van der Waals surface area contributed by atoms with Gasteiger partial charge in [0.15, 0.2) is 0 Å². The maximum atomic E-state index is 11.7. The lowest BCUT2D eigenvalue weighted by Gasteiger charge is -2.34. The number of carbonyl (C=O) groups is 3. The summed E-state index contributed by atoms with van der Waals surface area (Å²) in [4.78, 5) is 35.9. The van der Waals surface area contributed by atoms with Gasteiger partial charge in [-0.2, -0.15) is 0 Å². The first-order chi connectivity index (χ1) is 8.59. The Labute approximate surface area is 106 Å². The molecule has 0 aromatic carbocycles. The van der Waals surface area contributed by atoms with Gasteiger partial charge in [-0.05, 0) is 25.2 Å². The van der Waals surface area contributed by atoms with E-state index in [1.54, 1.807) is 0 Å². The van der Waals surface area contributed by atoms with Crippen molar-refractivity contribution in [2.24, 2.45) is 11.8 Å². The van der Waals surface area contributed by atoms with E-state index in [1.165, 1.54) is 4.90 Å². The van der Waals surface area contributed by atoms with Crippen molar-refractivity contribution >= 4 is 17.8 Å². The molecule has 5 heteroatoms. The normalized spacial score (nSPS) is 29.4. The maximum Gasteiger partial charge on any atom is 0.306 e. The predicted molar refractivity (Wildman–Crippen MR) is 63.7 cm³/mol. The van der Waals surface area contributed by atoms with Gasteiger partial charge in [-0.3, -0.25) is 19.3 Å². The van der Waals surface area contributed by atoms with Crippen LogP contribution in [0.4, 0.5) is 0 Å². The monoisotopic (exact) mass is 253 g/mol. The van der Waals surface area contributed by atoms with Gasteiger partial charge in [-0.1, -0.05) is 12.8 Å². The average molecular weight is 253 g/mol. The van der Waals surface area contributed by atoms with Crippen LogP contribution >= 0.6 is 0 Å². The number of piperidine rings is 1. The van der Waals surface area contributed by atoms with Crippen molar-refractivity contribution < 1.29 is 19.5 Å². The van der Waals surface area contributed by atoms with Crippen LogP contribution in [0, 0.1) is 11.8 Å². The molecule has 18 heavy (non-hydrogen) atoms. The number of carboxylic acids is 1. The third-order valence-corrected chi connectivity index (χ3v) is 4.03. The number of likely N-dealkylation sites (tertiary alicyclic amines) is 1. The number of hydrogen-bond donors (Lipinski definition) is 1.